The van der Waals surface area contributed by atoms with Gasteiger partial charge >= 0.3 is 0 Å². The van der Waals surface area contributed by atoms with E-state index in [-0.39, 0.29) is 0 Å². The largest absolute Gasteiger partial charge is 0.359 e. The predicted molar refractivity (Wildman–Crippen MR) is 36.3 cm³/mol. The molecule has 0 unspecified atom stereocenters. The molecule has 0 fully saturated rings. The van der Waals surface area contributed by atoms with Crippen molar-refractivity contribution < 1.29 is 0 Å². The molecule has 0 aromatic rings. The van der Waals surface area contributed by atoms with Gasteiger partial charge in [-0.1, -0.05) is 0 Å². The maximum Gasteiger partial charge on any atom is 0.0160 e. The number of hydrogen-bond acceptors (Lipinski definition) is 1. The van der Waals surface area contributed by atoms with Crippen LogP contribution in [-0.4, -0.2) is 0 Å². The zero-order valence-electron chi connectivity index (χ0n) is 4.65. The van der Waals surface area contributed by atoms with Crippen molar-refractivity contribution in [1.82, 2.24) is 0 Å². The summed E-state index contributed by atoms with van der Waals surface area (Å²) in [7, 11) is 0. The zero-order chi connectivity index (χ0) is 6.95. The molecule has 0 atom stereocenters. The molecule has 0 aliphatic carbocycles. The molecule has 0 heterocycles. The molecular formula is C8H3N. The van der Waals surface area contributed by atoms with Gasteiger partial charge in [-0.25, -0.2) is 0 Å². The fraction of sp³-hybridized carbons (Fsp3) is 0. The van der Waals surface area contributed by atoms with Gasteiger partial charge in [-0.2, -0.15) is 0 Å². The number of hydrogen-bond donors (Lipinski definition) is 1. The lowest BCUT2D eigenvalue weighted by Crippen LogP contribution is -1.73. The molecule has 0 saturated carbocycles. The Kier molecular flexibility index (Phi) is 4.72. The van der Waals surface area contributed by atoms with Crippen LogP contribution >= 0.6 is 0 Å². The molecular weight excluding hydrogens is 110 g/mol. The van der Waals surface area contributed by atoms with Gasteiger partial charge in [0.05, 0.1) is 0 Å². The van der Waals surface area contributed by atoms with Crippen LogP contribution in [0.2, 0.25) is 0 Å². The minimum atomic E-state index is 2.10. The standard InChI is InChI=1S/C8H3N/c1-2-3-4-5-6-7-8-9/h1H,9H2. The highest BCUT2D eigenvalue weighted by Gasteiger charge is 1.50. The van der Waals surface area contributed by atoms with Crippen LogP contribution in [-0.2, 0) is 0 Å². The molecule has 1 heteroatoms. The molecule has 0 aromatic carbocycles. The van der Waals surface area contributed by atoms with Crippen LogP contribution in [0, 0.1) is 48.0 Å². The second kappa shape index (κ2) is 6.04. The van der Waals surface area contributed by atoms with Crippen LogP contribution in [0.15, 0.2) is 0 Å². The maximum absolute atomic E-state index is 4.79. The van der Waals surface area contributed by atoms with Crippen LogP contribution in [0.5, 0.6) is 0 Å². The van der Waals surface area contributed by atoms with Crippen molar-refractivity contribution in [3.05, 3.63) is 0 Å². The third-order valence-electron chi connectivity index (χ3n) is 0.394. The first-order valence-electron chi connectivity index (χ1n) is 2.08. The lowest BCUT2D eigenvalue weighted by Gasteiger charge is -1.52. The predicted octanol–water partition coefficient (Wildman–Crippen LogP) is -0.454. The quantitative estimate of drug-likeness (QED) is 0.334. The fourth-order valence-corrected chi connectivity index (χ4v) is 0.166. The molecule has 0 aliphatic heterocycles. The van der Waals surface area contributed by atoms with Gasteiger partial charge in [-0.3, -0.25) is 0 Å². The molecule has 1 nitrogen and oxygen atoms in total. The maximum atomic E-state index is 4.79. The molecule has 40 valence electrons. The first-order chi connectivity index (χ1) is 4.41. The monoisotopic (exact) mass is 113 g/mol. The van der Waals surface area contributed by atoms with Gasteiger partial charge in [0.1, 0.15) is 0 Å². The molecule has 0 rings (SSSR count). The molecule has 0 spiro atoms. The summed E-state index contributed by atoms with van der Waals surface area (Å²) in [6.07, 6.45) is 4.79. The highest BCUT2D eigenvalue weighted by molar-refractivity contribution is 5.38. The van der Waals surface area contributed by atoms with E-state index < -0.39 is 0 Å². The topological polar surface area (TPSA) is 26.0 Å². The van der Waals surface area contributed by atoms with E-state index in [1.54, 1.807) is 0 Å². The average molecular weight is 113 g/mol. The lowest BCUT2D eigenvalue weighted by molar-refractivity contribution is 1.75. The second-order valence-corrected chi connectivity index (χ2v) is 0.914. The van der Waals surface area contributed by atoms with Gasteiger partial charge in [0.2, 0.25) is 0 Å². The molecule has 9 heavy (non-hydrogen) atoms. The first kappa shape index (κ1) is 7.04. The van der Waals surface area contributed by atoms with E-state index in [9.17, 15) is 0 Å². The van der Waals surface area contributed by atoms with Crippen molar-refractivity contribution in [2.24, 2.45) is 5.73 Å². The summed E-state index contributed by atoms with van der Waals surface area (Å²) >= 11 is 0. The van der Waals surface area contributed by atoms with Gasteiger partial charge in [0.25, 0.3) is 0 Å². The molecule has 0 saturated heterocycles. The highest BCUT2D eigenvalue weighted by Crippen LogP contribution is 1.50. The van der Waals surface area contributed by atoms with E-state index in [1.165, 1.54) is 0 Å². The van der Waals surface area contributed by atoms with Gasteiger partial charge in [-0.15, -0.1) is 6.42 Å². The van der Waals surface area contributed by atoms with E-state index in [2.05, 4.69) is 41.6 Å². The van der Waals surface area contributed by atoms with Crippen LogP contribution < -0.4 is 5.73 Å². The second-order valence-electron chi connectivity index (χ2n) is 0.914. The summed E-state index contributed by atoms with van der Waals surface area (Å²) in [6, 6.07) is 2.10. The van der Waals surface area contributed by atoms with Crippen molar-refractivity contribution in [1.29, 1.82) is 0 Å². The highest BCUT2D eigenvalue weighted by atomic mass is 14.4. The number of nitrogens with two attached hydrogens (primary N) is 1. The smallest absolute Gasteiger partial charge is 0.0160 e. The molecule has 0 amide bonds. The Hall–Kier alpha value is -1.96. The summed E-state index contributed by atoms with van der Waals surface area (Å²) in [6.45, 7) is 0. The Morgan fingerprint density at radius 2 is 1.44 bits per heavy atom. The Balaban J connectivity index is 3.90. The third-order valence-corrected chi connectivity index (χ3v) is 0.394. The molecule has 0 aromatic heterocycles. The van der Waals surface area contributed by atoms with Crippen LogP contribution in [0.4, 0.5) is 0 Å². The lowest BCUT2D eigenvalue weighted by atomic mass is 10.5. The van der Waals surface area contributed by atoms with Crippen LogP contribution in [0.3, 0.4) is 0 Å². The molecule has 0 bridgehead atoms. The minimum Gasteiger partial charge on any atom is -0.359 e. The average Bonchev–Trinajstić information content (AvgIpc) is 1.89. The number of terminal acetylenes is 1. The van der Waals surface area contributed by atoms with Gasteiger partial charge in [-0.05, 0) is 17.8 Å². The van der Waals surface area contributed by atoms with Crippen molar-refractivity contribution in [2.45, 2.75) is 0 Å². The first-order valence-corrected chi connectivity index (χ1v) is 2.08. The fourth-order valence-electron chi connectivity index (χ4n) is 0.166. The molecule has 0 aliphatic rings. The van der Waals surface area contributed by atoms with E-state index in [4.69, 9.17) is 12.2 Å². The van der Waals surface area contributed by atoms with Crippen LogP contribution in [0.1, 0.15) is 0 Å². The Bertz CT molecular complexity index is 285. The summed E-state index contributed by atoms with van der Waals surface area (Å²) < 4.78 is 0. The van der Waals surface area contributed by atoms with Crippen molar-refractivity contribution >= 4 is 0 Å². The summed E-state index contributed by atoms with van der Waals surface area (Å²) in [5, 5.41) is 0. The minimum absolute atomic E-state index is 2.10. The van der Waals surface area contributed by atoms with E-state index in [1.807, 2.05) is 0 Å². The van der Waals surface area contributed by atoms with Crippen molar-refractivity contribution in [3.8, 4) is 48.0 Å². The molecule has 0 radical (unpaired) electrons. The molecule has 2 N–H and O–H groups in total. The van der Waals surface area contributed by atoms with Gasteiger partial charge in [0, 0.05) is 23.8 Å². The van der Waals surface area contributed by atoms with E-state index >= 15 is 0 Å². The zero-order valence-corrected chi connectivity index (χ0v) is 4.65. The van der Waals surface area contributed by atoms with Crippen molar-refractivity contribution in [2.75, 3.05) is 0 Å². The van der Waals surface area contributed by atoms with E-state index in [0.717, 1.165) is 0 Å². The SMILES string of the molecule is C#CC#CC#CC#CN. The Morgan fingerprint density at radius 3 is 2.00 bits per heavy atom. The van der Waals surface area contributed by atoms with Crippen LogP contribution in [0.25, 0.3) is 0 Å². The third kappa shape index (κ3) is 6.04. The Labute approximate surface area is 54.6 Å². The van der Waals surface area contributed by atoms with Gasteiger partial charge < -0.3 is 5.73 Å². The number of rotatable bonds is 0. The summed E-state index contributed by atoms with van der Waals surface area (Å²) in [4.78, 5) is 0. The van der Waals surface area contributed by atoms with Gasteiger partial charge in [0.15, 0.2) is 0 Å². The summed E-state index contributed by atoms with van der Waals surface area (Å²) in [5.74, 6) is 13.8. The van der Waals surface area contributed by atoms with E-state index in [0.29, 0.717) is 0 Å². The Morgan fingerprint density at radius 1 is 0.889 bits per heavy atom. The van der Waals surface area contributed by atoms with Crippen molar-refractivity contribution in [3.63, 3.8) is 0 Å². The summed E-state index contributed by atoms with van der Waals surface area (Å²) in [5.41, 5.74) is 4.79. The normalized spacial score (nSPS) is 3.44.